The Hall–Kier alpha value is -2.25. The van der Waals surface area contributed by atoms with Gasteiger partial charge in [0.05, 0.1) is 4.92 Å². The van der Waals surface area contributed by atoms with Crippen LogP contribution in [0.5, 0.6) is 0 Å². The molecule has 1 amide bonds. The first kappa shape index (κ1) is 19.1. The van der Waals surface area contributed by atoms with Gasteiger partial charge < -0.3 is 10.6 Å². The molecule has 0 heterocycles. The quantitative estimate of drug-likeness (QED) is 0.545. The Morgan fingerprint density at radius 2 is 1.96 bits per heavy atom. The van der Waals surface area contributed by atoms with Crippen LogP contribution in [0.25, 0.3) is 0 Å². The second-order valence-electron chi connectivity index (χ2n) is 5.78. The Morgan fingerprint density at radius 1 is 1.28 bits per heavy atom. The van der Waals surface area contributed by atoms with Crippen molar-refractivity contribution in [3.63, 3.8) is 0 Å². The molecule has 0 aromatic heterocycles. The summed E-state index contributed by atoms with van der Waals surface area (Å²) in [4.78, 5) is 22.9. The summed E-state index contributed by atoms with van der Waals surface area (Å²) in [6, 6.07) is 12.9. The molecule has 0 bridgehead atoms. The van der Waals surface area contributed by atoms with Crippen LogP contribution in [-0.4, -0.2) is 17.4 Å². The van der Waals surface area contributed by atoms with E-state index in [0.717, 1.165) is 16.5 Å². The minimum absolute atomic E-state index is 0.0895. The number of amides is 1. The third kappa shape index (κ3) is 5.11. The topological polar surface area (TPSA) is 88.8 Å². The number of nitrogens with zero attached hydrogens (tertiary/aromatic N) is 1. The van der Waals surface area contributed by atoms with Crippen molar-refractivity contribution in [2.75, 3.05) is 11.9 Å². The Bertz CT molecular complexity index is 763. The van der Waals surface area contributed by atoms with E-state index in [2.05, 4.69) is 28.2 Å². The van der Waals surface area contributed by atoms with Gasteiger partial charge in [0.25, 0.3) is 11.6 Å². The number of anilines is 1. The summed E-state index contributed by atoms with van der Waals surface area (Å²) in [7, 11) is 0. The second-order valence-corrected chi connectivity index (χ2v) is 6.70. The predicted molar refractivity (Wildman–Crippen MR) is 100 cm³/mol. The molecule has 3 N–H and O–H groups in total. The summed E-state index contributed by atoms with van der Waals surface area (Å²) in [5.74, 6) is -0.257. The fourth-order valence-corrected chi connectivity index (χ4v) is 2.92. The molecule has 0 spiro atoms. The van der Waals surface area contributed by atoms with E-state index in [1.807, 2.05) is 29.6 Å². The maximum Gasteiger partial charge on any atom is 0.293 e. The van der Waals surface area contributed by atoms with Crippen molar-refractivity contribution < 1.29 is 15.0 Å². The Labute approximate surface area is 154 Å². The minimum atomic E-state index is -0.483. The number of aryl methyl sites for hydroxylation is 1. The van der Waals surface area contributed by atoms with E-state index < -0.39 is 4.92 Å². The number of hydrogen-bond donors (Lipinski definition) is 2. The number of benzene rings is 2. The highest BCUT2D eigenvalue weighted by Crippen LogP contribution is 2.27. The van der Waals surface area contributed by atoms with E-state index in [1.165, 1.54) is 6.07 Å². The molecule has 2 rings (SSSR count). The zero-order valence-corrected chi connectivity index (χ0v) is 15.7. The van der Waals surface area contributed by atoms with Gasteiger partial charge >= 0.3 is 0 Å². The van der Waals surface area contributed by atoms with Crippen molar-refractivity contribution in [2.45, 2.75) is 26.3 Å². The van der Waals surface area contributed by atoms with Gasteiger partial charge in [0, 0.05) is 22.5 Å². The lowest BCUT2D eigenvalue weighted by molar-refractivity contribution is -0.686. The number of quaternary nitrogens is 1. The van der Waals surface area contributed by atoms with Crippen LogP contribution in [0.2, 0.25) is 0 Å². The maximum absolute atomic E-state index is 12.3. The summed E-state index contributed by atoms with van der Waals surface area (Å²) in [6.07, 6.45) is 0.874. The average molecular weight is 407 g/mol. The first-order chi connectivity index (χ1) is 11.9. The Balaban J connectivity index is 2.03. The molecule has 0 radical (unpaired) electrons. The molecule has 132 valence electrons. The summed E-state index contributed by atoms with van der Waals surface area (Å²) in [5, 5.41) is 15.8. The highest BCUT2D eigenvalue weighted by atomic mass is 79.9. The molecule has 0 fully saturated rings. The third-order valence-corrected chi connectivity index (χ3v) is 4.57. The van der Waals surface area contributed by atoms with Gasteiger partial charge in [-0.2, -0.15) is 0 Å². The number of carbonyl (C=O) groups excluding carboxylic acids is 1. The molecule has 7 heteroatoms. The van der Waals surface area contributed by atoms with Gasteiger partial charge in [0.2, 0.25) is 0 Å². The molecule has 25 heavy (non-hydrogen) atoms. The molecule has 0 aliphatic carbocycles. The van der Waals surface area contributed by atoms with Crippen LogP contribution in [-0.2, 0) is 4.79 Å². The van der Waals surface area contributed by atoms with Crippen LogP contribution < -0.4 is 10.6 Å². The van der Waals surface area contributed by atoms with Gasteiger partial charge in [-0.3, -0.25) is 14.9 Å². The maximum atomic E-state index is 12.3. The number of rotatable bonds is 7. The number of nitro groups is 1. The number of nitro benzene ring substituents is 1. The molecule has 0 unspecified atom stereocenters. The van der Waals surface area contributed by atoms with Gasteiger partial charge in [0.1, 0.15) is 11.7 Å². The molecule has 1 atom stereocenters. The number of halogens is 1. The fourth-order valence-electron chi connectivity index (χ4n) is 2.66. The largest absolute Gasteiger partial charge is 0.332 e. The van der Waals surface area contributed by atoms with E-state index in [0.29, 0.717) is 5.56 Å². The number of nitrogens with one attached hydrogen (secondary N) is 1. The first-order valence-electron chi connectivity index (χ1n) is 8.05. The van der Waals surface area contributed by atoms with Crippen LogP contribution in [0.15, 0.2) is 46.9 Å². The Kier molecular flexibility index (Phi) is 6.66. The van der Waals surface area contributed by atoms with Crippen LogP contribution >= 0.6 is 15.9 Å². The lowest BCUT2D eigenvalue weighted by atomic mass is 10.0. The van der Waals surface area contributed by atoms with Crippen molar-refractivity contribution in [1.82, 2.24) is 0 Å². The summed E-state index contributed by atoms with van der Waals surface area (Å²) >= 11 is 3.41. The van der Waals surface area contributed by atoms with E-state index in [4.69, 9.17) is 0 Å². The normalized spacial score (nSPS) is 11.8. The highest BCUT2D eigenvalue weighted by molar-refractivity contribution is 9.10. The fraction of sp³-hybridized carbons (Fsp3) is 0.278. The standard InChI is InChI=1S/C18H20BrN3O3/c1-3-15(13-7-9-14(19)10-8-13)20-11-17(23)21-18-12(2)5-4-6-16(18)22(24)25/h4-10,15,20H,3,11H2,1-2H3,(H,21,23)/p+1/t15-/m1/s1. The molecule has 0 aliphatic heterocycles. The van der Waals surface area contributed by atoms with Crippen molar-refractivity contribution >= 4 is 33.2 Å². The molecule has 2 aromatic carbocycles. The zero-order chi connectivity index (χ0) is 18.4. The molecule has 0 saturated heterocycles. The number of para-hydroxylation sites is 1. The first-order valence-corrected chi connectivity index (χ1v) is 8.84. The lowest BCUT2D eigenvalue weighted by Gasteiger charge is -2.14. The van der Waals surface area contributed by atoms with E-state index in [9.17, 15) is 14.9 Å². The van der Waals surface area contributed by atoms with Crippen molar-refractivity contribution in [2.24, 2.45) is 0 Å². The highest BCUT2D eigenvalue weighted by Gasteiger charge is 2.20. The summed E-state index contributed by atoms with van der Waals surface area (Å²) in [6.45, 7) is 4.00. The molecule has 0 aliphatic rings. The molecule has 2 aromatic rings. The lowest BCUT2D eigenvalue weighted by Crippen LogP contribution is -2.87. The minimum Gasteiger partial charge on any atom is -0.332 e. The van der Waals surface area contributed by atoms with Crippen molar-refractivity contribution in [3.05, 3.63) is 68.2 Å². The van der Waals surface area contributed by atoms with E-state index in [1.54, 1.807) is 19.1 Å². The smallest absolute Gasteiger partial charge is 0.293 e. The van der Waals surface area contributed by atoms with Gasteiger partial charge in [-0.1, -0.05) is 47.1 Å². The van der Waals surface area contributed by atoms with Gasteiger partial charge in [0.15, 0.2) is 6.54 Å². The second kappa shape index (κ2) is 8.73. The van der Waals surface area contributed by atoms with Crippen LogP contribution in [0, 0.1) is 17.0 Å². The number of carbonyl (C=O) groups is 1. The number of nitrogens with two attached hydrogens (primary N) is 1. The summed E-state index contributed by atoms with van der Waals surface area (Å²) < 4.78 is 1.01. The summed E-state index contributed by atoms with van der Waals surface area (Å²) in [5.41, 5.74) is 1.98. The van der Waals surface area contributed by atoms with Gasteiger partial charge in [-0.25, -0.2) is 0 Å². The zero-order valence-electron chi connectivity index (χ0n) is 14.2. The third-order valence-electron chi connectivity index (χ3n) is 4.04. The monoisotopic (exact) mass is 406 g/mol. The SMILES string of the molecule is CC[C@@H]([NH2+]CC(=O)Nc1c(C)cccc1[N+](=O)[O-])c1ccc(Br)cc1. The van der Waals surface area contributed by atoms with Crippen molar-refractivity contribution in [3.8, 4) is 0 Å². The Morgan fingerprint density at radius 3 is 2.56 bits per heavy atom. The molecule has 0 saturated carbocycles. The van der Waals surface area contributed by atoms with Crippen LogP contribution in [0.4, 0.5) is 11.4 Å². The van der Waals surface area contributed by atoms with Gasteiger partial charge in [-0.15, -0.1) is 0 Å². The molecular weight excluding hydrogens is 386 g/mol. The van der Waals surface area contributed by atoms with Crippen LogP contribution in [0.1, 0.15) is 30.5 Å². The average Bonchev–Trinajstić information content (AvgIpc) is 2.58. The molecule has 6 nitrogen and oxygen atoms in total. The van der Waals surface area contributed by atoms with Crippen LogP contribution in [0.3, 0.4) is 0 Å². The van der Waals surface area contributed by atoms with Crippen molar-refractivity contribution in [1.29, 1.82) is 0 Å². The predicted octanol–water partition coefficient (Wildman–Crippen LogP) is 3.32. The number of hydrogen-bond acceptors (Lipinski definition) is 3. The van der Waals surface area contributed by atoms with E-state index in [-0.39, 0.29) is 29.9 Å². The van der Waals surface area contributed by atoms with E-state index >= 15 is 0 Å². The van der Waals surface area contributed by atoms with Gasteiger partial charge in [-0.05, 0) is 24.6 Å². The molecular formula is C18H21BrN3O3+.